The van der Waals surface area contributed by atoms with Crippen LogP contribution in [0.2, 0.25) is 0 Å². The van der Waals surface area contributed by atoms with Gasteiger partial charge >= 0.3 is 6.61 Å². The molecule has 1 aromatic heterocycles. The molecule has 1 rings (SSSR count). The molecule has 1 heterocycles. The molecule has 0 aromatic carbocycles. The lowest BCUT2D eigenvalue weighted by Crippen LogP contribution is -2.15. The third kappa shape index (κ3) is 1.95. The Morgan fingerprint density at radius 1 is 1.62 bits per heavy atom. The van der Waals surface area contributed by atoms with Crippen molar-refractivity contribution in [3.8, 4) is 5.88 Å². The van der Waals surface area contributed by atoms with Crippen molar-refractivity contribution in [3.05, 3.63) is 23.2 Å². The van der Waals surface area contributed by atoms with Crippen molar-refractivity contribution in [2.24, 2.45) is 0 Å². The van der Waals surface area contributed by atoms with Gasteiger partial charge in [0.25, 0.3) is 0 Å². The minimum absolute atomic E-state index is 0.0287. The van der Waals surface area contributed by atoms with E-state index in [0.717, 1.165) is 6.20 Å². The number of hydrogen-bond acceptors (Lipinski definition) is 3. The van der Waals surface area contributed by atoms with Gasteiger partial charge in [0.2, 0.25) is 5.88 Å². The molecule has 0 saturated heterocycles. The Kier molecular flexibility index (Phi) is 2.50. The van der Waals surface area contributed by atoms with Gasteiger partial charge in [-0.2, -0.15) is 13.5 Å². The van der Waals surface area contributed by atoms with Crippen LogP contribution in [0.5, 0.6) is 5.88 Å². The highest BCUT2D eigenvalue weighted by molar-refractivity contribution is 5.23. The monoisotopic (exact) mass is 190 g/mol. The summed E-state index contributed by atoms with van der Waals surface area (Å²) < 4.78 is 28.0. The zero-order valence-corrected chi connectivity index (χ0v) is 6.79. The van der Waals surface area contributed by atoms with Crippen molar-refractivity contribution in [3.63, 3.8) is 0 Å². The van der Waals surface area contributed by atoms with Crippen LogP contribution in [-0.4, -0.2) is 16.5 Å². The first-order chi connectivity index (χ1) is 6.02. The fourth-order valence-corrected chi connectivity index (χ4v) is 0.852. The van der Waals surface area contributed by atoms with E-state index in [0.29, 0.717) is 4.73 Å². The zero-order valence-electron chi connectivity index (χ0n) is 6.79. The molecule has 0 aliphatic carbocycles. The number of rotatable bonds is 2. The Morgan fingerprint density at radius 3 is 2.77 bits per heavy atom. The zero-order chi connectivity index (χ0) is 10.0. The number of nitrogens with one attached hydrogen (secondary N) is 1. The molecule has 0 atom stereocenters. The number of nitrogens with zero attached hydrogens (tertiary/aromatic N) is 1. The van der Waals surface area contributed by atoms with Crippen LogP contribution in [0.25, 0.3) is 0 Å². The smallest absolute Gasteiger partial charge is 0.388 e. The first kappa shape index (κ1) is 9.50. The second kappa shape index (κ2) is 3.42. The number of aromatic nitrogens is 1. The predicted octanol–water partition coefficient (Wildman–Crippen LogP) is 1.11. The average Bonchev–Trinajstić information content (AvgIpc) is 2.05. The highest BCUT2D eigenvalue weighted by Crippen LogP contribution is 2.14. The second-order valence-electron chi connectivity index (χ2n) is 2.38. The highest BCUT2D eigenvalue weighted by atomic mass is 19.3. The van der Waals surface area contributed by atoms with E-state index < -0.39 is 12.5 Å². The number of pyridine rings is 1. The SMILES string of the molecule is Cc1c(OC(F)F)n(O)ccc1=N. The molecular formula is C7H8F2N2O2. The van der Waals surface area contributed by atoms with Gasteiger partial charge in [-0.25, -0.2) is 0 Å². The molecule has 2 N–H and O–H groups in total. The maximum absolute atomic E-state index is 11.8. The van der Waals surface area contributed by atoms with E-state index in [4.69, 9.17) is 10.6 Å². The van der Waals surface area contributed by atoms with Gasteiger partial charge in [0.15, 0.2) is 0 Å². The van der Waals surface area contributed by atoms with Gasteiger partial charge in [-0.3, -0.25) is 0 Å². The summed E-state index contributed by atoms with van der Waals surface area (Å²) in [5.74, 6) is -0.414. The molecule has 0 unspecified atom stereocenters. The minimum atomic E-state index is -3.01. The van der Waals surface area contributed by atoms with Crippen molar-refractivity contribution in [1.82, 2.24) is 4.73 Å². The van der Waals surface area contributed by atoms with Crippen LogP contribution in [0.4, 0.5) is 8.78 Å². The maximum atomic E-state index is 11.8. The predicted molar refractivity (Wildman–Crippen MR) is 38.8 cm³/mol. The Hall–Kier alpha value is -1.59. The summed E-state index contributed by atoms with van der Waals surface area (Å²) >= 11 is 0. The second-order valence-corrected chi connectivity index (χ2v) is 2.38. The molecule has 4 nitrogen and oxygen atoms in total. The lowest BCUT2D eigenvalue weighted by molar-refractivity contribution is -0.0657. The van der Waals surface area contributed by atoms with Crippen molar-refractivity contribution in [2.45, 2.75) is 13.5 Å². The molecule has 72 valence electrons. The molecule has 0 aliphatic rings. The number of halogens is 2. The Morgan fingerprint density at radius 2 is 2.23 bits per heavy atom. The van der Waals surface area contributed by atoms with Crippen molar-refractivity contribution in [2.75, 3.05) is 0 Å². The first-order valence-electron chi connectivity index (χ1n) is 3.43. The summed E-state index contributed by atoms with van der Waals surface area (Å²) in [7, 11) is 0. The molecule has 0 aliphatic heterocycles. The number of ether oxygens (including phenoxy) is 1. The van der Waals surface area contributed by atoms with Crippen LogP contribution >= 0.6 is 0 Å². The third-order valence-electron chi connectivity index (χ3n) is 1.52. The Balaban J connectivity index is 3.18. The van der Waals surface area contributed by atoms with Gasteiger partial charge in [0, 0.05) is 11.8 Å². The molecule has 1 aromatic rings. The summed E-state index contributed by atoms with van der Waals surface area (Å²) in [4.78, 5) is 0. The van der Waals surface area contributed by atoms with E-state index in [1.165, 1.54) is 13.0 Å². The number of hydrogen-bond donors (Lipinski definition) is 2. The normalized spacial score (nSPS) is 10.5. The molecule has 6 heteroatoms. The number of alkyl halides is 2. The molecule has 13 heavy (non-hydrogen) atoms. The minimum Gasteiger partial charge on any atom is -0.426 e. The molecule has 0 saturated carbocycles. The molecule has 0 bridgehead atoms. The average molecular weight is 190 g/mol. The molecule has 0 amide bonds. The van der Waals surface area contributed by atoms with E-state index in [9.17, 15) is 8.78 Å². The van der Waals surface area contributed by atoms with Crippen molar-refractivity contribution >= 4 is 0 Å². The van der Waals surface area contributed by atoms with E-state index in [1.807, 2.05) is 0 Å². The molecular weight excluding hydrogens is 182 g/mol. The molecule has 0 radical (unpaired) electrons. The standard InChI is InChI=1S/C7H8F2N2O2/c1-4-5(10)2-3-11(12)6(4)13-7(8)9/h2-3,7,10,12H,1H3. The van der Waals surface area contributed by atoms with Gasteiger partial charge in [-0.1, -0.05) is 0 Å². The van der Waals surface area contributed by atoms with Crippen LogP contribution in [-0.2, 0) is 0 Å². The Bertz CT molecular complexity index is 362. The summed E-state index contributed by atoms with van der Waals surface area (Å²) in [6, 6.07) is 1.27. The fourth-order valence-electron chi connectivity index (χ4n) is 0.852. The molecule has 0 fully saturated rings. The summed E-state index contributed by atoms with van der Waals surface area (Å²) in [5, 5.41) is 16.3. The first-order valence-corrected chi connectivity index (χ1v) is 3.43. The van der Waals surface area contributed by atoms with Crippen molar-refractivity contribution in [1.29, 1.82) is 5.41 Å². The summed E-state index contributed by atoms with van der Waals surface area (Å²) in [6.07, 6.45) is 1.06. The van der Waals surface area contributed by atoms with Crippen molar-refractivity contribution < 1.29 is 18.7 Å². The van der Waals surface area contributed by atoms with E-state index in [2.05, 4.69) is 4.74 Å². The van der Waals surface area contributed by atoms with E-state index in [-0.39, 0.29) is 10.9 Å². The lowest BCUT2D eigenvalue weighted by Gasteiger charge is -2.10. The van der Waals surface area contributed by atoms with Crippen LogP contribution in [0.15, 0.2) is 12.3 Å². The van der Waals surface area contributed by atoms with Gasteiger partial charge in [-0.15, -0.1) is 0 Å². The topological polar surface area (TPSA) is 58.2 Å². The van der Waals surface area contributed by atoms with Gasteiger partial charge < -0.3 is 15.4 Å². The van der Waals surface area contributed by atoms with Gasteiger partial charge in [0.1, 0.15) is 0 Å². The van der Waals surface area contributed by atoms with Gasteiger partial charge in [-0.05, 0) is 13.0 Å². The fraction of sp³-hybridized carbons (Fsp3) is 0.286. The largest absolute Gasteiger partial charge is 0.426 e. The van der Waals surface area contributed by atoms with Gasteiger partial charge in [0.05, 0.1) is 5.36 Å². The van der Waals surface area contributed by atoms with Crippen LogP contribution < -0.4 is 10.1 Å². The van der Waals surface area contributed by atoms with Crippen LogP contribution in [0, 0.1) is 12.3 Å². The highest BCUT2D eigenvalue weighted by Gasteiger charge is 2.11. The third-order valence-corrected chi connectivity index (χ3v) is 1.52. The quantitative estimate of drug-likeness (QED) is 0.686. The van der Waals surface area contributed by atoms with E-state index in [1.54, 1.807) is 0 Å². The van der Waals surface area contributed by atoms with Crippen LogP contribution in [0.1, 0.15) is 5.56 Å². The summed E-state index contributed by atoms with van der Waals surface area (Å²) in [6.45, 7) is -1.61. The molecule has 0 spiro atoms. The lowest BCUT2D eigenvalue weighted by atomic mass is 10.3. The Labute approximate surface area is 72.5 Å². The van der Waals surface area contributed by atoms with Crippen LogP contribution in [0.3, 0.4) is 0 Å². The van der Waals surface area contributed by atoms with E-state index >= 15 is 0 Å². The summed E-state index contributed by atoms with van der Waals surface area (Å²) in [5.41, 5.74) is 0.158. The maximum Gasteiger partial charge on any atom is 0.388 e.